The number of halogens is 1. The molecule has 1 aromatic heterocycles. The molecule has 0 aliphatic carbocycles. The molecule has 34 heavy (non-hydrogen) atoms. The van der Waals surface area contributed by atoms with Gasteiger partial charge in [-0.2, -0.15) is 0 Å². The van der Waals surface area contributed by atoms with E-state index in [2.05, 4.69) is 10.3 Å². The Morgan fingerprint density at radius 1 is 1.03 bits per heavy atom. The second-order valence-corrected chi connectivity index (χ2v) is 9.04. The zero-order chi connectivity index (χ0) is 24.9. The van der Waals surface area contributed by atoms with Gasteiger partial charge in [-0.3, -0.25) is 4.79 Å². The van der Waals surface area contributed by atoms with Crippen molar-refractivity contribution >= 4 is 23.5 Å². The number of carbonyl (C=O) groups is 2. The predicted octanol–water partition coefficient (Wildman–Crippen LogP) is 5.98. The number of nitrogens with one attached hydrogen (secondary N) is 1. The number of ether oxygens (including phenoxy) is 3. The first-order chi connectivity index (χ1) is 16.1. The number of benzene rings is 2. The monoisotopic (exact) mass is 482 g/mol. The van der Waals surface area contributed by atoms with E-state index in [-0.39, 0.29) is 17.5 Å². The molecule has 0 spiro atoms. The highest BCUT2D eigenvalue weighted by Crippen LogP contribution is 2.28. The van der Waals surface area contributed by atoms with Crippen LogP contribution in [0.3, 0.4) is 0 Å². The molecule has 0 radical (unpaired) electrons. The number of esters is 1. The van der Waals surface area contributed by atoms with Crippen LogP contribution in [0.15, 0.2) is 60.8 Å². The summed E-state index contributed by atoms with van der Waals surface area (Å²) < 4.78 is 16.4. The van der Waals surface area contributed by atoms with Gasteiger partial charge in [-0.1, -0.05) is 29.8 Å². The number of pyridine rings is 1. The van der Waals surface area contributed by atoms with Gasteiger partial charge in [0, 0.05) is 12.3 Å². The van der Waals surface area contributed by atoms with Gasteiger partial charge in [-0.25, -0.2) is 9.78 Å². The average Bonchev–Trinajstić information content (AvgIpc) is 2.79. The molecule has 0 aliphatic heterocycles. The Morgan fingerprint density at radius 3 is 2.35 bits per heavy atom. The molecule has 8 heteroatoms. The second-order valence-electron chi connectivity index (χ2n) is 8.61. The fraction of sp³-hybridized carbons (Fsp3) is 0.269. The number of nitrogens with zero attached hydrogens (tertiary/aromatic N) is 1. The number of aromatic nitrogens is 1. The van der Waals surface area contributed by atoms with Crippen molar-refractivity contribution in [3.05, 3.63) is 82.5 Å². The molecule has 0 aliphatic rings. The smallest absolute Gasteiger partial charge is 0.338 e. The third-order valence-electron chi connectivity index (χ3n) is 4.71. The molecule has 1 atom stereocenters. The minimum absolute atomic E-state index is 0.114. The number of hydrogen-bond acceptors (Lipinski definition) is 6. The Morgan fingerprint density at radius 2 is 1.71 bits per heavy atom. The van der Waals surface area contributed by atoms with Gasteiger partial charge in [-0.05, 0) is 63.6 Å². The van der Waals surface area contributed by atoms with E-state index in [1.807, 2.05) is 27.7 Å². The Hall–Kier alpha value is -3.58. The summed E-state index contributed by atoms with van der Waals surface area (Å²) in [7, 11) is 1.56. The molecule has 1 N–H and O–H groups in total. The van der Waals surface area contributed by atoms with Gasteiger partial charge < -0.3 is 19.5 Å². The normalized spacial score (nSPS) is 11.9. The van der Waals surface area contributed by atoms with E-state index in [0.717, 1.165) is 5.56 Å². The molecule has 0 saturated carbocycles. The van der Waals surface area contributed by atoms with E-state index in [0.29, 0.717) is 22.1 Å². The number of carbonyl (C=O) groups excluding carboxylic acids is 2. The highest BCUT2D eigenvalue weighted by molar-refractivity contribution is 6.30. The summed E-state index contributed by atoms with van der Waals surface area (Å²) in [5, 5.41) is 3.22. The molecule has 178 valence electrons. The summed E-state index contributed by atoms with van der Waals surface area (Å²) in [4.78, 5) is 29.5. The summed E-state index contributed by atoms with van der Waals surface area (Å²) in [5.41, 5.74) is 0.857. The lowest BCUT2D eigenvalue weighted by Crippen LogP contribution is -2.27. The van der Waals surface area contributed by atoms with Crippen LogP contribution in [0, 0.1) is 0 Å². The Balaban J connectivity index is 1.75. The van der Waals surface area contributed by atoms with Gasteiger partial charge in [0.2, 0.25) is 5.88 Å². The standard InChI is InChI=1S/C26H27ClN2O5/c1-16(17-9-11-18(12-10-17)25(31)34-26(2,3)4)29-23(30)22-13-19(27)15-28-24(22)33-21-8-6-7-20(14-21)32-5/h6-16H,1-5H3,(H,29,30)/t16-/m0/s1. The lowest BCUT2D eigenvalue weighted by atomic mass is 10.1. The number of methoxy groups -OCH3 is 1. The molecule has 1 heterocycles. The van der Waals surface area contributed by atoms with E-state index in [1.165, 1.54) is 12.3 Å². The zero-order valence-electron chi connectivity index (χ0n) is 19.7. The minimum Gasteiger partial charge on any atom is -0.497 e. The maximum Gasteiger partial charge on any atom is 0.338 e. The van der Waals surface area contributed by atoms with E-state index >= 15 is 0 Å². The molecule has 3 aromatic rings. The summed E-state index contributed by atoms with van der Waals surface area (Å²) in [6.07, 6.45) is 1.41. The first kappa shape index (κ1) is 25.1. The molecule has 2 aromatic carbocycles. The maximum atomic E-state index is 13.1. The first-order valence-corrected chi connectivity index (χ1v) is 11.0. The van der Waals surface area contributed by atoms with Crippen LogP contribution in [0.25, 0.3) is 0 Å². The molecule has 0 saturated heterocycles. The summed E-state index contributed by atoms with van der Waals surface area (Å²) in [5.74, 6) is 0.384. The van der Waals surface area contributed by atoms with E-state index < -0.39 is 17.5 Å². The van der Waals surface area contributed by atoms with Gasteiger partial charge >= 0.3 is 5.97 Å². The topological polar surface area (TPSA) is 86.8 Å². The number of hydrogen-bond donors (Lipinski definition) is 1. The van der Waals surface area contributed by atoms with Crippen molar-refractivity contribution in [2.75, 3.05) is 7.11 Å². The predicted molar refractivity (Wildman–Crippen MR) is 130 cm³/mol. The molecule has 0 bridgehead atoms. The minimum atomic E-state index is -0.577. The van der Waals surface area contributed by atoms with Crippen LogP contribution in [-0.2, 0) is 4.74 Å². The van der Waals surface area contributed by atoms with E-state index in [9.17, 15) is 9.59 Å². The first-order valence-electron chi connectivity index (χ1n) is 10.7. The quantitative estimate of drug-likeness (QED) is 0.417. The third-order valence-corrected chi connectivity index (χ3v) is 4.92. The summed E-state index contributed by atoms with van der Waals surface area (Å²) in [6, 6.07) is 15.0. The lowest BCUT2D eigenvalue weighted by Gasteiger charge is -2.20. The van der Waals surface area contributed by atoms with Crippen molar-refractivity contribution in [3.8, 4) is 17.4 Å². The van der Waals surface area contributed by atoms with Crippen molar-refractivity contribution in [1.82, 2.24) is 10.3 Å². The van der Waals surface area contributed by atoms with Crippen molar-refractivity contribution in [3.63, 3.8) is 0 Å². The number of rotatable bonds is 7. The van der Waals surface area contributed by atoms with Crippen LogP contribution in [0.1, 0.15) is 60.0 Å². The largest absolute Gasteiger partial charge is 0.497 e. The fourth-order valence-corrected chi connectivity index (χ4v) is 3.21. The highest BCUT2D eigenvalue weighted by Gasteiger charge is 2.20. The average molecular weight is 483 g/mol. The Labute approximate surface area is 204 Å². The van der Waals surface area contributed by atoms with Gasteiger partial charge in [0.05, 0.1) is 23.7 Å². The highest BCUT2D eigenvalue weighted by atomic mass is 35.5. The summed E-state index contributed by atoms with van der Waals surface area (Å²) in [6.45, 7) is 7.27. The van der Waals surface area contributed by atoms with Gasteiger partial charge in [0.15, 0.2) is 0 Å². The number of amides is 1. The molecular formula is C26H27ClN2O5. The van der Waals surface area contributed by atoms with Crippen LogP contribution < -0.4 is 14.8 Å². The van der Waals surface area contributed by atoms with Gasteiger partial charge in [-0.15, -0.1) is 0 Å². The SMILES string of the molecule is COc1cccc(Oc2ncc(Cl)cc2C(=O)N[C@@H](C)c2ccc(C(=O)OC(C)(C)C)cc2)c1. The van der Waals surface area contributed by atoms with Crippen molar-refractivity contribution in [1.29, 1.82) is 0 Å². The second kappa shape index (κ2) is 10.6. The van der Waals surface area contributed by atoms with Crippen LogP contribution in [0.5, 0.6) is 17.4 Å². The van der Waals surface area contributed by atoms with Crippen LogP contribution in [0.4, 0.5) is 0 Å². The zero-order valence-corrected chi connectivity index (χ0v) is 20.5. The van der Waals surface area contributed by atoms with Crippen molar-refractivity contribution in [2.45, 2.75) is 39.3 Å². The van der Waals surface area contributed by atoms with Crippen LogP contribution in [-0.4, -0.2) is 29.6 Å². The molecule has 0 fully saturated rings. The van der Waals surface area contributed by atoms with Crippen molar-refractivity contribution in [2.24, 2.45) is 0 Å². The molecule has 7 nitrogen and oxygen atoms in total. The maximum absolute atomic E-state index is 13.1. The third kappa shape index (κ3) is 6.71. The summed E-state index contributed by atoms with van der Waals surface area (Å²) >= 11 is 6.10. The van der Waals surface area contributed by atoms with E-state index in [1.54, 1.807) is 55.6 Å². The Kier molecular flexibility index (Phi) is 7.79. The van der Waals surface area contributed by atoms with E-state index in [4.69, 9.17) is 25.8 Å². The molecular weight excluding hydrogens is 456 g/mol. The lowest BCUT2D eigenvalue weighted by molar-refractivity contribution is 0.00693. The molecule has 3 rings (SSSR count). The molecule has 1 amide bonds. The van der Waals surface area contributed by atoms with Crippen molar-refractivity contribution < 1.29 is 23.8 Å². The Bertz CT molecular complexity index is 1170. The van der Waals surface area contributed by atoms with Crippen LogP contribution in [0.2, 0.25) is 5.02 Å². The van der Waals surface area contributed by atoms with Gasteiger partial charge in [0.25, 0.3) is 5.91 Å². The van der Waals surface area contributed by atoms with Gasteiger partial charge in [0.1, 0.15) is 22.7 Å². The van der Waals surface area contributed by atoms with Crippen LogP contribution >= 0.6 is 11.6 Å². The molecule has 0 unspecified atom stereocenters. The fourth-order valence-electron chi connectivity index (χ4n) is 3.05.